The van der Waals surface area contributed by atoms with Crippen LogP contribution in [-0.4, -0.2) is 30.3 Å². The van der Waals surface area contributed by atoms with E-state index in [-0.39, 0.29) is 18.9 Å². The summed E-state index contributed by atoms with van der Waals surface area (Å²) in [4.78, 5) is 11.7. The van der Waals surface area contributed by atoms with Gasteiger partial charge in [0.2, 0.25) is 5.91 Å². The Morgan fingerprint density at radius 3 is 2.72 bits per heavy atom. The van der Waals surface area contributed by atoms with Gasteiger partial charge in [0.05, 0.1) is 19.1 Å². The number of halogens is 1. The highest BCUT2D eigenvalue weighted by molar-refractivity contribution is 6.30. The van der Waals surface area contributed by atoms with Crippen molar-refractivity contribution in [1.29, 1.82) is 0 Å². The van der Waals surface area contributed by atoms with Crippen LogP contribution in [-0.2, 0) is 11.2 Å². The second-order valence-electron chi connectivity index (χ2n) is 4.72. The van der Waals surface area contributed by atoms with Crippen LogP contribution < -0.4 is 10.1 Å². The zero-order valence-corrected chi connectivity index (χ0v) is 11.5. The molecule has 4 nitrogen and oxygen atoms in total. The monoisotopic (exact) mass is 271 g/mol. The Morgan fingerprint density at radius 2 is 2.17 bits per heavy atom. The van der Waals surface area contributed by atoms with Crippen LogP contribution in [0.1, 0.15) is 19.4 Å². The standard InChI is InChI=1S/C13H18ClNO3/c1-13(2,17)8-15-12(16)7-9-6-10(14)4-5-11(9)18-3/h4-6,17H,7-8H2,1-3H3,(H,15,16). The molecular weight excluding hydrogens is 254 g/mol. The van der Waals surface area contributed by atoms with Crippen LogP contribution in [0.4, 0.5) is 0 Å². The number of hydrogen-bond donors (Lipinski definition) is 2. The minimum atomic E-state index is -0.923. The van der Waals surface area contributed by atoms with Gasteiger partial charge in [-0.25, -0.2) is 0 Å². The molecule has 0 unspecified atom stereocenters. The van der Waals surface area contributed by atoms with Gasteiger partial charge in [0.1, 0.15) is 5.75 Å². The van der Waals surface area contributed by atoms with Gasteiger partial charge in [0.15, 0.2) is 0 Å². The van der Waals surface area contributed by atoms with E-state index in [4.69, 9.17) is 16.3 Å². The molecule has 5 heteroatoms. The van der Waals surface area contributed by atoms with Gasteiger partial charge in [-0.2, -0.15) is 0 Å². The molecular formula is C13H18ClNO3. The largest absolute Gasteiger partial charge is 0.496 e. The first-order valence-corrected chi connectivity index (χ1v) is 6.01. The maximum atomic E-state index is 11.7. The van der Waals surface area contributed by atoms with Crippen LogP contribution >= 0.6 is 11.6 Å². The third-order valence-corrected chi connectivity index (χ3v) is 2.55. The van der Waals surface area contributed by atoms with Gasteiger partial charge in [-0.3, -0.25) is 4.79 Å². The van der Waals surface area contributed by atoms with Crippen LogP contribution in [0.5, 0.6) is 5.75 Å². The zero-order valence-electron chi connectivity index (χ0n) is 10.8. The average molecular weight is 272 g/mol. The molecule has 100 valence electrons. The Labute approximate surface area is 112 Å². The molecule has 0 aliphatic rings. The maximum Gasteiger partial charge on any atom is 0.224 e. The Balaban J connectivity index is 2.66. The van der Waals surface area contributed by atoms with E-state index in [1.807, 2.05) is 0 Å². The maximum absolute atomic E-state index is 11.7. The van der Waals surface area contributed by atoms with Crippen LogP contribution in [0, 0.1) is 0 Å². The summed E-state index contributed by atoms with van der Waals surface area (Å²) in [5.74, 6) is 0.440. The summed E-state index contributed by atoms with van der Waals surface area (Å²) >= 11 is 5.88. The summed E-state index contributed by atoms with van der Waals surface area (Å²) in [5, 5.41) is 12.7. The van der Waals surface area contributed by atoms with Crippen molar-refractivity contribution < 1.29 is 14.6 Å². The molecule has 0 aliphatic heterocycles. The van der Waals surface area contributed by atoms with Crippen molar-refractivity contribution in [3.63, 3.8) is 0 Å². The fourth-order valence-corrected chi connectivity index (χ4v) is 1.63. The van der Waals surface area contributed by atoms with E-state index in [1.54, 1.807) is 39.2 Å². The van der Waals surface area contributed by atoms with Gasteiger partial charge in [-0.1, -0.05) is 11.6 Å². The lowest BCUT2D eigenvalue weighted by Gasteiger charge is -2.18. The molecule has 0 aromatic heterocycles. The summed E-state index contributed by atoms with van der Waals surface area (Å²) in [5.41, 5.74) is -0.202. The Kier molecular flexibility index (Phi) is 4.99. The Hall–Kier alpha value is -1.26. The predicted molar refractivity (Wildman–Crippen MR) is 71.0 cm³/mol. The summed E-state index contributed by atoms with van der Waals surface area (Å²) in [6, 6.07) is 5.13. The van der Waals surface area contributed by atoms with Gasteiger partial charge in [-0.05, 0) is 32.0 Å². The van der Waals surface area contributed by atoms with E-state index >= 15 is 0 Å². The number of aliphatic hydroxyl groups is 1. The number of amides is 1. The molecule has 1 aromatic rings. The fourth-order valence-electron chi connectivity index (χ4n) is 1.44. The molecule has 0 saturated carbocycles. The number of nitrogens with one attached hydrogen (secondary N) is 1. The molecule has 0 bridgehead atoms. The number of ether oxygens (including phenoxy) is 1. The summed E-state index contributed by atoms with van der Waals surface area (Å²) in [6.07, 6.45) is 0.166. The molecule has 0 radical (unpaired) electrons. The lowest BCUT2D eigenvalue weighted by molar-refractivity contribution is -0.121. The van der Waals surface area contributed by atoms with Crippen molar-refractivity contribution in [2.24, 2.45) is 0 Å². The zero-order chi connectivity index (χ0) is 13.8. The first-order chi connectivity index (χ1) is 8.31. The van der Waals surface area contributed by atoms with E-state index in [0.717, 1.165) is 5.56 Å². The molecule has 0 heterocycles. The minimum Gasteiger partial charge on any atom is -0.496 e. The second-order valence-corrected chi connectivity index (χ2v) is 5.16. The molecule has 18 heavy (non-hydrogen) atoms. The number of carbonyl (C=O) groups excluding carboxylic acids is 1. The highest BCUT2D eigenvalue weighted by Crippen LogP contribution is 2.22. The van der Waals surface area contributed by atoms with Crippen LogP contribution in [0.15, 0.2) is 18.2 Å². The molecule has 1 amide bonds. The molecule has 0 fully saturated rings. The van der Waals surface area contributed by atoms with Crippen molar-refractivity contribution in [2.45, 2.75) is 25.9 Å². The number of methoxy groups -OCH3 is 1. The number of benzene rings is 1. The lowest BCUT2D eigenvalue weighted by atomic mass is 10.1. The van der Waals surface area contributed by atoms with Crippen LogP contribution in [0.25, 0.3) is 0 Å². The highest BCUT2D eigenvalue weighted by Gasteiger charge is 2.15. The van der Waals surface area contributed by atoms with Crippen molar-refractivity contribution in [3.05, 3.63) is 28.8 Å². The van der Waals surface area contributed by atoms with Gasteiger partial charge in [-0.15, -0.1) is 0 Å². The predicted octanol–water partition coefficient (Wildman–Crippen LogP) is 1.78. The molecule has 1 rings (SSSR count). The molecule has 0 spiro atoms. The van der Waals surface area contributed by atoms with Gasteiger partial charge in [0.25, 0.3) is 0 Å². The normalized spacial score (nSPS) is 11.2. The Morgan fingerprint density at radius 1 is 1.50 bits per heavy atom. The van der Waals surface area contributed by atoms with E-state index in [1.165, 1.54) is 0 Å². The molecule has 0 aliphatic carbocycles. The lowest BCUT2D eigenvalue weighted by Crippen LogP contribution is -2.38. The molecule has 0 atom stereocenters. The average Bonchev–Trinajstić information content (AvgIpc) is 2.26. The van der Waals surface area contributed by atoms with Crippen molar-refractivity contribution in [3.8, 4) is 5.75 Å². The third kappa shape index (κ3) is 4.94. The van der Waals surface area contributed by atoms with Crippen molar-refractivity contribution in [1.82, 2.24) is 5.32 Å². The third-order valence-electron chi connectivity index (χ3n) is 2.31. The fraction of sp³-hybridized carbons (Fsp3) is 0.462. The smallest absolute Gasteiger partial charge is 0.224 e. The van der Waals surface area contributed by atoms with Gasteiger partial charge >= 0.3 is 0 Å². The van der Waals surface area contributed by atoms with Crippen molar-refractivity contribution >= 4 is 17.5 Å². The Bertz CT molecular complexity index is 427. The first kappa shape index (κ1) is 14.8. The molecule has 1 aromatic carbocycles. The topological polar surface area (TPSA) is 58.6 Å². The van der Waals surface area contributed by atoms with Crippen LogP contribution in [0.3, 0.4) is 0 Å². The van der Waals surface area contributed by atoms with E-state index < -0.39 is 5.60 Å². The quantitative estimate of drug-likeness (QED) is 0.858. The van der Waals surface area contributed by atoms with Gasteiger partial charge < -0.3 is 15.2 Å². The van der Waals surface area contributed by atoms with E-state index in [9.17, 15) is 9.90 Å². The van der Waals surface area contributed by atoms with E-state index in [0.29, 0.717) is 10.8 Å². The van der Waals surface area contributed by atoms with Gasteiger partial charge in [0, 0.05) is 17.1 Å². The second kappa shape index (κ2) is 6.07. The first-order valence-electron chi connectivity index (χ1n) is 5.63. The molecule has 0 saturated heterocycles. The minimum absolute atomic E-state index is 0.166. The number of rotatable bonds is 5. The summed E-state index contributed by atoms with van der Waals surface area (Å²) < 4.78 is 5.16. The number of carbonyl (C=O) groups is 1. The van der Waals surface area contributed by atoms with E-state index in [2.05, 4.69) is 5.32 Å². The van der Waals surface area contributed by atoms with Crippen molar-refractivity contribution in [2.75, 3.05) is 13.7 Å². The number of hydrogen-bond acceptors (Lipinski definition) is 3. The summed E-state index contributed by atoms with van der Waals surface area (Å²) in [7, 11) is 1.54. The molecule has 2 N–H and O–H groups in total. The summed E-state index contributed by atoms with van der Waals surface area (Å²) in [6.45, 7) is 3.47. The highest BCUT2D eigenvalue weighted by atomic mass is 35.5. The SMILES string of the molecule is COc1ccc(Cl)cc1CC(=O)NCC(C)(C)O. The van der Waals surface area contributed by atoms with Crippen LogP contribution in [0.2, 0.25) is 5.02 Å².